The van der Waals surface area contributed by atoms with Crippen molar-refractivity contribution in [2.24, 2.45) is 17.4 Å². The summed E-state index contributed by atoms with van der Waals surface area (Å²) in [5.74, 6) is -19.2. The molecule has 49 heteroatoms. The van der Waals surface area contributed by atoms with Gasteiger partial charge in [0.05, 0.1) is 60.1 Å². The normalized spacial score (nSPS) is 27.8. The number of anilines is 1. The number of aromatic hydroxyl groups is 3. The highest BCUT2D eigenvalue weighted by Crippen LogP contribution is 2.52. The van der Waals surface area contributed by atoms with E-state index in [4.69, 9.17) is 72.6 Å². The molecule has 0 spiro atoms. The summed E-state index contributed by atoms with van der Waals surface area (Å²) in [6, 6.07) is 7.57. The van der Waals surface area contributed by atoms with Crippen molar-refractivity contribution in [2.75, 3.05) is 51.8 Å². The quantitative estimate of drug-likeness (QED) is 0.0320. The zero-order valence-corrected chi connectivity index (χ0v) is 77.2. The largest absolute Gasteiger partial charge is 0.573 e. The lowest BCUT2D eigenvalue weighted by atomic mass is 9.86. The van der Waals surface area contributed by atoms with E-state index in [9.17, 15) is 104 Å². The van der Waals surface area contributed by atoms with Crippen LogP contribution in [0.3, 0.4) is 0 Å². The number of ether oxygens (including phenoxy) is 9. The zero-order valence-electron chi connectivity index (χ0n) is 75.7. The first-order valence-electron chi connectivity index (χ1n) is 44.3. The van der Waals surface area contributed by atoms with Crippen LogP contribution < -0.4 is 78.3 Å². The highest BCUT2D eigenvalue weighted by molar-refractivity contribution is 6.32. The number of carbonyl (C=O) groups is 9. The summed E-state index contributed by atoms with van der Waals surface area (Å²) >= 11 is 14.6. The minimum atomic E-state index is -5.04. The number of primary amides is 1. The Morgan fingerprint density at radius 1 is 0.667 bits per heavy atom. The number of amides is 8. The average molecular weight is 2020 g/mol. The molecule has 0 aliphatic carbocycles. The lowest BCUT2D eigenvalue weighted by Gasteiger charge is -2.46. The number of halogens is 5. The van der Waals surface area contributed by atoms with Gasteiger partial charge in [0.2, 0.25) is 53.4 Å². The molecule has 1 unspecified atom stereocenters. The van der Waals surface area contributed by atoms with E-state index in [-0.39, 0.29) is 60.9 Å². The standard InChI is InChI=1S/C92H107Cl2F3N12O32/c1-37(2)22-52(100-5)82(125)107-68-70(116)41-13-16-56(50(93)26-41)134-58-28-44-29-59(78(58)139-90-76(122)74(120)79(61(36-112)137-90)140-89-75(121)73(119)72(118)60(136-89)34-101-33-39-8-6-10-45(23-39)102-81(124)43-9-7-11-46(24-43)141-92(95,96)97)135-57-17-14-42(27-51(57)94)77(138-63-32-91(4,99)80(123)38(3)133-63)69-87(130)106-67(88(131)132)48-30-55(114)49(35-109(18-20-110)19-21-111)71(117)64(48)47-25-40(12-15-54(47)113)65(84(127)108-69)105-85(128)66(44)104-83(126)53(31-62(98)115)103-86(68)129/h6-17,23-30,37-38,52-53,60-61,63,65-70,72-77,79-80,89-90,100-101,110-114,116-123H,18-22,31-36,99H2,1-5H3,(H2,98,115)(H,102,124)(H,103,129)(H,104,126)(H,105,128)(H,106,130)(H,107,125)(H,108,127)(H,131,132)/t38-,52+,53-,60+,61+,63-,65-,66+,67-,68?,69-,70+,72-,73-,74+,75+,76+,77+,79+,80-,89-,90-,91-/m0/s1. The van der Waals surface area contributed by atoms with Crippen LogP contribution in [0.25, 0.3) is 11.1 Å². The molecule has 27 N–H and O–H groups in total. The van der Waals surface area contributed by atoms with Gasteiger partial charge in [-0.25, -0.2) is 4.79 Å². The number of likely N-dealkylation sites (N-methyl/N-ethyl adjacent to an activating group) is 1. The third kappa shape index (κ3) is 24.7. The molecular formula is C92H107Cl2F3N12O32. The maximum Gasteiger partial charge on any atom is 0.573 e. The summed E-state index contributed by atoms with van der Waals surface area (Å²) in [6.45, 7) is 2.79. The van der Waals surface area contributed by atoms with E-state index in [1.807, 2.05) is 0 Å². The average Bonchev–Trinajstić information content (AvgIpc) is 0.753. The first kappa shape index (κ1) is 106. The topological polar surface area (TPSA) is 683 Å². The summed E-state index contributed by atoms with van der Waals surface area (Å²) in [6.07, 6.45) is -35.8. The molecule has 0 saturated carbocycles. The number of nitrogens with zero attached hydrogens (tertiary/aromatic N) is 1. The number of nitrogens with one attached hydrogen (secondary N) is 9. The highest BCUT2D eigenvalue weighted by Gasteiger charge is 2.54. The van der Waals surface area contributed by atoms with Gasteiger partial charge in [0.25, 0.3) is 5.91 Å². The predicted octanol–water partition coefficient (Wildman–Crippen LogP) is 0.665. The number of aliphatic carboxylic acids is 1. The van der Waals surface area contributed by atoms with Gasteiger partial charge in [-0.1, -0.05) is 73.4 Å². The molecule has 11 bridgehead atoms. The van der Waals surface area contributed by atoms with Crippen molar-refractivity contribution in [2.45, 2.75) is 206 Å². The van der Waals surface area contributed by atoms with Crippen LogP contribution in [-0.4, -0.2) is 292 Å². The number of alkyl halides is 3. The minimum Gasteiger partial charge on any atom is -0.507 e. The summed E-state index contributed by atoms with van der Waals surface area (Å²) in [7, 11) is 1.44. The van der Waals surface area contributed by atoms with Gasteiger partial charge in [0, 0.05) is 72.6 Å². The van der Waals surface area contributed by atoms with Gasteiger partial charge < -0.3 is 173 Å². The van der Waals surface area contributed by atoms with Crippen molar-refractivity contribution in [3.8, 4) is 62.9 Å². The number of hydrogen-bond donors (Lipinski definition) is 25. The minimum absolute atomic E-state index is 0.0660. The van der Waals surface area contributed by atoms with Gasteiger partial charge in [-0.3, -0.25) is 43.3 Å². The predicted molar refractivity (Wildman–Crippen MR) is 484 cm³/mol. The Kier molecular flexibility index (Phi) is 34.0. The molecule has 15 rings (SSSR count). The monoisotopic (exact) mass is 2020 g/mol. The van der Waals surface area contributed by atoms with Gasteiger partial charge in [-0.2, -0.15) is 0 Å². The van der Waals surface area contributed by atoms with Crippen LogP contribution in [-0.2, 0) is 75.1 Å². The number of carboxylic acid groups (broad SMARTS) is 1. The van der Waals surface area contributed by atoms with E-state index in [2.05, 4.69) is 52.6 Å². The van der Waals surface area contributed by atoms with E-state index < -0.39 is 334 Å². The van der Waals surface area contributed by atoms with Gasteiger partial charge in [-0.05, 0) is 146 Å². The molecule has 3 fully saturated rings. The number of fused-ring (bicyclic) bond motifs is 15. The van der Waals surface area contributed by atoms with Crippen molar-refractivity contribution < 1.29 is 170 Å². The first-order valence-corrected chi connectivity index (χ1v) is 45.1. The smallest absolute Gasteiger partial charge is 0.507 e. The second-order valence-electron chi connectivity index (χ2n) is 35.2. The maximum absolute atomic E-state index is 16.7. The Labute approximate surface area is 810 Å². The number of aliphatic hydroxyl groups excluding tert-OH is 10. The molecule has 7 aromatic carbocycles. The number of aliphatic hydroxyl groups is 10. The van der Waals surface area contributed by atoms with E-state index in [1.54, 1.807) is 19.9 Å². The van der Waals surface area contributed by atoms with Crippen LogP contribution in [0.15, 0.2) is 121 Å². The summed E-state index contributed by atoms with van der Waals surface area (Å²) in [4.78, 5) is 136. The fourth-order valence-electron chi connectivity index (χ4n) is 17.2. The number of nitrogens with two attached hydrogens (primary N) is 2. The third-order valence-corrected chi connectivity index (χ3v) is 25.0. The Morgan fingerprint density at radius 2 is 1.30 bits per heavy atom. The lowest BCUT2D eigenvalue weighted by Crippen LogP contribution is -2.65. The molecule has 8 amide bonds. The molecule has 23 atom stereocenters. The fraction of sp³-hybridized carbons (Fsp3) is 0.446. The molecule has 8 heterocycles. The summed E-state index contributed by atoms with van der Waals surface area (Å²) in [5, 5.41) is 185. The zero-order chi connectivity index (χ0) is 102. The SMILES string of the molecule is CN[C@H](CC(C)C)C(=O)NC1C(=O)N[C@@H](CC(N)=O)C(=O)N[C@H]2C(=O)N[C@@H]3C(=O)N[C@H](C(=O)N[C@H](C(=O)O)c4cc(O)c(CN(CCO)CCO)c(O)c4-c4cc3ccc4O)[C@H](O[C@H]3C[C@](C)(N)[C@@H](O)[C@H](C)O3)c3ccc(c(Cl)c3)Oc3cc2cc(c3O[C@@H]2O[C@H](CO)[C@@H](O[C@@H]3O[C@H](CNCc4cccc(NC(=O)c5cccc(OC(F)(F)F)c5)c4)[C@H](O)[C@H](O)[C@H]3O)[C@H](O)[C@H]2O)Oc2ccc(cc2Cl)[C@H]1O. The molecule has 7 aromatic rings. The third-order valence-electron chi connectivity index (χ3n) is 24.4. The van der Waals surface area contributed by atoms with Crippen LogP contribution in [0, 0.1) is 5.92 Å². The molecule has 3 saturated heterocycles. The Morgan fingerprint density at radius 3 is 1.93 bits per heavy atom. The van der Waals surface area contributed by atoms with Gasteiger partial charge in [-0.15, -0.1) is 13.2 Å². The Balaban J connectivity index is 0.949. The lowest BCUT2D eigenvalue weighted by molar-refractivity contribution is -0.350. The number of rotatable bonds is 28. The van der Waals surface area contributed by atoms with E-state index >= 15 is 24.0 Å². The second-order valence-corrected chi connectivity index (χ2v) is 36.0. The first-order chi connectivity index (χ1) is 66.7. The molecular weight excluding hydrogens is 1910 g/mol. The molecule has 8 aliphatic heterocycles. The van der Waals surface area contributed by atoms with Crippen molar-refractivity contribution in [1.29, 1.82) is 0 Å². The molecule has 44 nitrogen and oxygen atoms in total. The van der Waals surface area contributed by atoms with Gasteiger partial charge >= 0.3 is 12.3 Å². The fourth-order valence-corrected chi connectivity index (χ4v) is 17.6. The van der Waals surface area contributed by atoms with E-state index in [0.29, 0.717) is 5.56 Å². The number of phenols is 3. The summed E-state index contributed by atoms with van der Waals surface area (Å²) in [5.41, 5.74) is 7.48. The molecule has 762 valence electrons. The second kappa shape index (κ2) is 45.1. The van der Waals surface area contributed by atoms with Crippen molar-refractivity contribution >= 4 is 82.1 Å². The van der Waals surface area contributed by atoms with Crippen molar-refractivity contribution in [3.05, 3.63) is 176 Å². The van der Waals surface area contributed by atoms with Crippen molar-refractivity contribution in [1.82, 2.24) is 47.4 Å². The molecule has 0 radical (unpaired) electrons. The number of phenolic OH excluding ortho intramolecular Hbond substituents is 3. The van der Waals surface area contributed by atoms with Gasteiger partial charge in [0.15, 0.2) is 30.1 Å². The highest BCUT2D eigenvalue weighted by atomic mass is 35.5. The number of hydrogen-bond acceptors (Lipinski definition) is 35. The number of carbonyl (C=O) groups excluding carboxylic acids is 8. The number of benzene rings is 7. The maximum atomic E-state index is 16.7. The Hall–Kier alpha value is -12.0. The molecule has 8 aliphatic rings. The van der Waals surface area contributed by atoms with Gasteiger partial charge in [0.1, 0.15) is 126 Å². The molecule has 141 heavy (non-hydrogen) atoms. The van der Waals surface area contributed by atoms with E-state index in [1.165, 1.54) is 62.2 Å². The van der Waals surface area contributed by atoms with Crippen LogP contribution in [0.5, 0.6) is 51.7 Å². The number of carboxylic acids is 1. The van der Waals surface area contributed by atoms with Crippen LogP contribution >= 0.6 is 23.2 Å². The molecule has 0 aromatic heterocycles. The van der Waals surface area contributed by atoms with Crippen LogP contribution in [0.4, 0.5) is 18.9 Å². The van der Waals surface area contributed by atoms with Crippen LogP contribution in [0.2, 0.25) is 10.0 Å². The van der Waals surface area contributed by atoms with Crippen molar-refractivity contribution in [3.63, 3.8) is 0 Å². The summed E-state index contributed by atoms with van der Waals surface area (Å²) < 4.78 is 94.3. The Bertz CT molecular complexity index is 5790. The van der Waals surface area contributed by atoms with E-state index in [0.717, 1.165) is 78.9 Å². The van der Waals surface area contributed by atoms with Crippen LogP contribution in [0.1, 0.15) is 127 Å².